The molecule has 0 fully saturated rings. The van der Waals surface area contributed by atoms with E-state index in [1.165, 1.54) is 11.6 Å². The number of hydrogen-bond acceptors (Lipinski definition) is 4. The second-order valence-electron chi connectivity index (χ2n) is 7.98. The first-order chi connectivity index (χ1) is 15.9. The van der Waals surface area contributed by atoms with E-state index in [2.05, 4.69) is 17.4 Å². The van der Waals surface area contributed by atoms with E-state index in [0.29, 0.717) is 42.2 Å². The molecule has 0 aliphatic carbocycles. The molecular weight excluding hydrogens is 444 g/mol. The van der Waals surface area contributed by atoms with Crippen molar-refractivity contribution in [2.75, 3.05) is 19.3 Å². The van der Waals surface area contributed by atoms with E-state index < -0.39 is 13.4 Å². The zero-order chi connectivity index (χ0) is 23.5. The number of aryl methyl sites for hydroxylation is 1. The first kappa shape index (κ1) is 25.2. The average Bonchev–Trinajstić information content (AvgIpc) is 3.31. The van der Waals surface area contributed by atoms with Crippen LogP contribution in [-0.2, 0) is 17.5 Å². The number of halogens is 1. The zero-order valence-electron chi connectivity index (χ0n) is 18.6. The maximum Gasteiger partial charge on any atom is 0.325 e. The first-order valence-electron chi connectivity index (χ1n) is 11.2. The topological polar surface area (TPSA) is 91.9 Å². The summed E-state index contributed by atoms with van der Waals surface area (Å²) in [5.74, 6) is 0.638. The van der Waals surface area contributed by atoms with Crippen molar-refractivity contribution in [1.29, 1.82) is 0 Å². The number of ether oxygens (including phenoxy) is 1. The summed E-state index contributed by atoms with van der Waals surface area (Å²) in [7, 11) is -4.01. The van der Waals surface area contributed by atoms with Gasteiger partial charge >= 0.3 is 7.60 Å². The fourth-order valence-electron chi connectivity index (χ4n) is 3.55. The van der Waals surface area contributed by atoms with Crippen LogP contribution in [0.5, 0.6) is 5.75 Å². The minimum atomic E-state index is -4.01. The van der Waals surface area contributed by atoms with Gasteiger partial charge in [-0.3, -0.25) is 4.57 Å². The Kier molecular flexibility index (Phi) is 9.70. The summed E-state index contributed by atoms with van der Waals surface area (Å²) in [5, 5.41) is 3.03. The molecule has 2 aromatic carbocycles. The molecule has 3 rings (SSSR count). The second kappa shape index (κ2) is 12.7. The second-order valence-corrected chi connectivity index (χ2v) is 9.76. The fourth-order valence-corrected chi connectivity index (χ4v) is 4.12. The van der Waals surface area contributed by atoms with Gasteiger partial charge in [-0.25, -0.2) is 4.39 Å². The third kappa shape index (κ3) is 8.78. The van der Waals surface area contributed by atoms with Crippen LogP contribution in [0, 0.1) is 5.82 Å². The Balaban J connectivity index is 1.53. The molecule has 0 saturated heterocycles. The Morgan fingerprint density at radius 1 is 1.00 bits per heavy atom. The molecule has 33 heavy (non-hydrogen) atoms. The number of rotatable bonds is 14. The predicted molar refractivity (Wildman–Crippen MR) is 127 cm³/mol. The molecule has 0 atom stereocenters. The Morgan fingerprint density at radius 3 is 2.55 bits per heavy atom. The standard InChI is InChI=1S/C25H31FNO5P/c26-23-18-25(32-14-6-2-5-11-20-9-3-1-4-10-20)22(24-12-7-15-31-24)17-21(23)19-27-13-8-16-33(28,29)30/h1,3-4,7,9-10,12,15,17-18,27H,2,5-6,8,11,13-14,16,19H2,(H2,28,29,30). The number of nitrogens with one attached hydrogen (secondary N) is 1. The van der Waals surface area contributed by atoms with Crippen molar-refractivity contribution < 1.29 is 27.9 Å². The number of hydrogen-bond donors (Lipinski definition) is 3. The van der Waals surface area contributed by atoms with Crippen molar-refractivity contribution in [2.45, 2.75) is 38.6 Å². The molecule has 0 radical (unpaired) electrons. The van der Waals surface area contributed by atoms with E-state index in [-0.39, 0.29) is 12.7 Å². The van der Waals surface area contributed by atoms with E-state index in [0.717, 1.165) is 25.7 Å². The van der Waals surface area contributed by atoms with E-state index >= 15 is 0 Å². The van der Waals surface area contributed by atoms with Crippen LogP contribution in [0.4, 0.5) is 4.39 Å². The molecule has 8 heteroatoms. The highest BCUT2D eigenvalue weighted by Gasteiger charge is 2.15. The molecule has 0 saturated carbocycles. The largest absolute Gasteiger partial charge is 0.493 e. The molecule has 0 amide bonds. The van der Waals surface area contributed by atoms with Gasteiger partial charge in [-0.05, 0) is 62.4 Å². The van der Waals surface area contributed by atoms with Crippen molar-refractivity contribution in [3.63, 3.8) is 0 Å². The third-order valence-corrected chi connectivity index (χ3v) is 6.16. The van der Waals surface area contributed by atoms with Crippen molar-refractivity contribution >= 4 is 7.60 Å². The summed E-state index contributed by atoms with van der Waals surface area (Å²) >= 11 is 0. The van der Waals surface area contributed by atoms with Gasteiger partial charge in [-0.2, -0.15) is 0 Å². The lowest BCUT2D eigenvalue weighted by Gasteiger charge is -2.14. The molecule has 178 valence electrons. The minimum Gasteiger partial charge on any atom is -0.493 e. The van der Waals surface area contributed by atoms with Gasteiger partial charge in [-0.15, -0.1) is 0 Å². The van der Waals surface area contributed by atoms with E-state index in [1.807, 2.05) is 18.2 Å². The molecule has 0 bridgehead atoms. The Labute approximate surface area is 194 Å². The van der Waals surface area contributed by atoms with Crippen LogP contribution >= 0.6 is 7.60 Å². The monoisotopic (exact) mass is 475 g/mol. The summed E-state index contributed by atoms with van der Waals surface area (Å²) < 4.78 is 37.1. The van der Waals surface area contributed by atoms with Gasteiger partial charge in [0.25, 0.3) is 0 Å². The summed E-state index contributed by atoms with van der Waals surface area (Å²) in [5.41, 5.74) is 2.44. The van der Waals surface area contributed by atoms with Crippen LogP contribution in [0.1, 0.15) is 36.8 Å². The highest BCUT2D eigenvalue weighted by molar-refractivity contribution is 7.51. The fraction of sp³-hybridized carbons (Fsp3) is 0.360. The highest BCUT2D eigenvalue weighted by Crippen LogP contribution is 2.35. The lowest BCUT2D eigenvalue weighted by atomic mass is 10.1. The van der Waals surface area contributed by atoms with Gasteiger partial charge in [0.1, 0.15) is 17.3 Å². The smallest absolute Gasteiger partial charge is 0.325 e. The molecule has 0 aliphatic rings. The SMILES string of the molecule is O=P(O)(O)CCCNCc1cc(-c2ccco2)c(OCCCCCc2ccccc2)cc1F. The zero-order valence-corrected chi connectivity index (χ0v) is 19.5. The lowest BCUT2D eigenvalue weighted by Crippen LogP contribution is -2.17. The number of unbranched alkanes of at least 4 members (excludes halogenated alkanes) is 2. The summed E-state index contributed by atoms with van der Waals surface area (Å²) in [6.45, 7) is 1.10. The lowest BCUT2D eigenvalue weighted by molar-refractivity contribution is 0.304. The highest BCUT2D eigenvalue weighted by atomic mass is 31.2. The number of furan rings is 1. The minimum absolute atomic E-state index is 0.196. The molecule has 6 nitrogen and oxygen atoms in total. The van der Waals surface area contributed by atoms with E-state index in [9.17, 15) is 8.96 Å². The van der Waals surface area contributed by atoms with Crippen molar-refractivity contribution in [3.8, 4) is 17.1 Å². The summed E-state index contributed by atoms with van der Waals surface area (Å²) in [6.07, 6.45) is 5.66. The molecule has 3 N–H and O–H groups in total. The maximum atomic E-state index is 14.7. The summed E-state index contributed by atoms with van der Waals surface area (Å²) in [4.78, 5) is 17.8. The maximum absolute atomic E-state index is 14.7. The predicted octanol–water partition coefficient (Wildman–Crippen LogP) is 5.53. The van der Waals surface area contributed by atoms with E-state index in [1.54, 1.807) is 24.5 Å². The molecule has 1 aromatic heterocycles. The third-order valence-electron chi connectivity index (χ3n) is 5.26. The normalized spacial score (nSPS) is 11.6. The average molecular weight is 475 g/mol. The molecule has 3 aromatic rings. The molecular formula is C25H31FNO5P. The molecule has 0 spiro atoms. The van der Waals surface area contributed by atoms with Crippen LogP contribution in [-0.4, -0.2) is 29.1 Å². The molecule has 1 heterocycles. The van der Waals surface area contributed by atoms with Crippen LogP contribution in [0.15, 0.2) is 65.3 Å². The Hall–Kier alpha value is -2.44. The van der Waals surface area contributed by atoms with Gasteiger partial charge in [0.15, 0.2) is 0 Å². The van der Waals surface area contributed by atoms with Crippen molar-refractivity contribution in [1.82, 2.24) is 5.32 Å². The van der Waals surface area contributed by atoms with Crippen LogP contribution in [0.3, 0.4) is 0 Å². The van der Waals surface area contributed by atoms with Gasteiger partial charge in [0.2, 0.25) is 0 Å². The Bertz CT molecular complexity index is 1020. The first-order valence-corrected chi connectivity index (χ1v) is 13.0. The molecule has 0 unspecified atom stereocenters. The quantitative estimate of drug-likeness (QED) is 0.210. The van der Waals surface area contributed by atoms with Gasteiger partial charge in [0.05, 0.1) is 24.6 Å². The number of benzene rings is 2. The van der Waals surface area contributed by atoms with Crippen molar-refractivity contribution in [3.05, 3.63) is 77.8 Å². The van der Waals surface area contributed by atoms with Gasteiger partial charge in [0, 0.05) is 18.2 Å². The summed E-state index contributed by atoms with van der Waals surface area (Å²) in [6, 6.07) is 17.0. The Morgan fingerprint density at radius 2 is 1.82 bits per heavy atom. The van der Waals surface area contributed by atoms with Gasteiger partial charge < -0.3 is 24.3 Å². The van der Waals surface area contributed by atoms with Crippen molar-refractivity contribution in [2.24, 2.45) is 0 Å². The van der Waals surface area contributed by atoms with Crippen LogP contribution in [0.25, 0.3) is 11.3 Å². The molecule has 0 aliphatic heterocycles. The van der Waals surface area contributed by atoms with Crippen LogP contribution in [0.2, 0.25) is 0 Å². The van der Waals surface area contributed by atoms with Crippen LogP contribution < -0.4 is 10.1 Å². The van der Waals surface area contributed by atoms with E-state index in [4.69, 9.17) is 18.9 Å². The van der Waals surface area contributed by atoms with Gasteiger partial charge in [-0.1, -0.05) is 30.3 Å².